The highest BCUT2D eigenvalue weighted by Gasteiger charge is 2.34. The normalized spacial score (nSPS) is 14.1. The average molecular weight is 425 g/mol. The molecule has 0 fully saturated rings. The molecule has 0 saturated heterocycles. The molecule has 3 aromatic carbocycles. The van der Waals surface area contributed by atoms with Crippen LogP contribution in [0, 0.1) is 6.92 Å². The van der Waals surface area contributed by atoms with Crippen LogP contribution in [0.15, 0.2) is 72.8 Å². The van der Waals surface area contributed by atoms with Gasteiger partial charge in [-0.2, -0.15) is 0 Å². The second-order valence-corrected chi connectivity index (χ2v) is 9.09. The predicted molar refractivity (Wildman–Crippen MR) is 130 cm³/mol. The van der Waals surface area contributed by atoms with Crippen molar-refractivity contribution in [3.05, 3.63) is 95.2 Å². The van der Waals surface area contributed by atoms with Crippen molar-refractivity contribution in [2.45, 2.75) is 39.4 Å². The molecule has 162 valence electrons. The molecule has 0 amide bonds. The number of aryl methyl sites for hydroxylation is 1. The summed E-state index contributed by atoms with van der Waals surface area (Å²) in [5.74, 6) is 1.77. The van der Waals surface area contributed by atoms with Crippen LogP contribution in [0.4, 0.5) is 5.69 Å². The zero-order valence-corrected chi connectivity index (χ0v) is 18.8. The Morgan fingerprint density at radius 2 is 1.78 bits per heavy atom. The molecule has 2 heterocycles. The maximum Gasteiger partial charge on any atom is 0.130 e. The number of hydrogen-bond donors (Lipinski definition) is 1. The minimum absolute atomic E-state index is 0.0501. The van der Waals surface area contributed by atoms with Gasteiger partial charge in [0, 0.05) is 28.6 Å². The summed E-state index contributed by atoms with van der Waals surface area (Å²) in [6, 6.07) is 24.5. The van der Waals surface area contributed by atoms with Gasteiger partial charge in [0.05, 0.1) is 11.2 Å². The summed E-state index contributed by atoms with van der Waals surface area (Å²) in [4.78, 5) is 4.69. The summed E-state index contributed by atoms with van der Waals surface area (Å²) >= 11 is 0. The van der Waals surface area contributed by atoms with E-state index >= 15 is 0 Å². The second kappa shape index (κ2) is 8.19. The molecule has 0 atom stereocenters. The number of ether oxygens (including phenoxy) is 2. The van der Waals surface area contributed by atoms with E-state index in [1.54, 1.807) is 0 Å². The number of rotatable bonds is 6. The van der Waals surface area contributed by atoms with E-state index in [-0.39, 0.29) is 5.41 Å². The maximum atomic E-state index is 6.28. The molecule has 1 aliphatic rings. The fourth-order valence-corrected chi connectivity index (χ4v) is 4.34. The lowest BCUT2D eigenvalue weighted by atomic mass is 9.85. The van der Waals surface area contributed by atoms with Crippen LogP contribution in [0.2, 0.25) is 0 Å². The van der Waals surface area contributed by atoms with Crippen LogP contribution in [0.3, 0.4) is 0 Å². The Kier molecular flexibility index (Phi) is 5.22. The summed E-state index contributed by atoms with van der Waals surface area (Å²) in [6.07, 6.45) is 0. The number of aromatic nitrogens is 1. The predicted octanol–water partition coefficient (Wildman–Crippen LogP) is 6.40. The van der Waals surface area contributed by atoms with Crippen molar-refractivity contribution in [2.75, 3.05) is 11.9 Å². The minimum atomic E-state index is 0.0501. The third kappa shape index (κ3) is 4.01. The van der Waals surface area contributed by atoms with Gasteiger partial charge >= 0.3 is 0 Å². The largest absolute Gasteiger partial charge is 0.489 e. The van der Waals surface area contributed by atoms with E-state index in [4.69, 9.17) is 9.47 Å². The molecule has 4 heteroatoms. The zero-order chi connectivity index (χ0) is 22.1. The van der Waals surface area contributed by atoms with Gasteiger partial charge in [-0.05, 0) is 48.4 Å². The van der Waals surface area contributed by atoms with E-state index in [2.05, 4.69) is 61.4 Å². The van der Waals surface area contributed by atoms with Crippen molar-refractivity contribution in [3.63, 3.8) is 0 Å². The first-order valence-electron chi connectivity index (χ1n) is 11.1. The lowest BCUT2D eigenvalue weighted by Crippen LogP contribution is -2.19. The summed E-state index contributed by atoms with van der Waals surface area (Å²) < 4.78 is 12.3. The number of fused-ring (bicyclic) bond motifs is 2. The quantitative estimate of drug-likeness (QED) is 0.389. The molecule has 4 aromatic rings. The topological polar surface area (TPSA) is 43.4 Å². The second-order valence-electron chi connectivity index (χ2n) is 9.09. The van der Waals surface area contributed by atoms with Crippen LogP contribution >= 0.6 is 0 Å². The Morgan fingerprint density at radius 1 is 0.906 bits per heavy atom. The molecule has 1 aromatic heterocycles. The first-order chi connectivity index (χ1) is 15.5. The highest BCUT2D eigenvalue weighted by atomic mass is 16.5. The minimum Gasteiger partial charge on any atom is -0.489 e. The van der Waals surface area contributed by atoms with Gasteiger partial charge in [-0.1, -0.05) is 56.3 Å². The molecule has 0 unspecified atom stereocenters. The highest BCUT2D eigenvalue weighted by Crippen LogP contribution is 2.44. The maximum absolute atomic E-state index is 6.28. The lowest BCUT2D eigenvalue weighted by molar-refractivity contribution is 0.290. The number of anilines is 1. The van der Waals surface area contributed by atoms with Gasteiger partial charge in [0.25, 0.3) is 0 Å². The standard InChI is InChI=1S/C28H28N2O2/c1-19-11-14-25(26-27(19)29-18-28(26,2)3)32-16-20-7-6-9-23(15-20)31-17-22-13-12-21-8-4-5-10-24(21)30-22/h4-15,29H,16-18H2,1-3H3. The Balaban J connectivity index is 1.27. The van der Waals surface area contributed by atoms with Gasteiger partial charge in [-0.25, -0.2) is 4.98 Å². The van der Waals surface area contributed by atoms with Crippen molar-refractivity contribution >= 4 is 16.6 Å². The van der Waals surface area contributed by atoms with Crippen LogP contribution in [0.1, 0.15) is 36.2 Å². The van der Waals surface area contributed by atoms with Gasteiger partial charge in [-0.3, -0.25) is 0 Å². The Morgan fingerprint density at radius 3 is 2.69 bits per heavy atom. The van der Waals surface area contributed by atoms with Crippen molar-refractivity contribution < 1.29 is 9.47 Å². The van der Waals surface area contributed by atoms with Crippen LogP contribution in [-0.2, 0) is 18.6 Å². The molecule has 0 spiro atoms. The van der Waals surface area contributed by atoms with E-state index < -0.39 is 0 Å². The monoisotopic (exact) mass is 424 g/mol. The van der Waals surface area contributed by atoms with Gasteiger partial charge < -0.3 is 14.8 Å². The SMILES string of the molecule is Cc1ccc(OCc2cccc(OCc3ccc4ccccc4n3)c2)c2c1NCC2(C)C. The molecule has 0 radical (unpaired) electrons. The van der Waals surface area contributed by atoms with Crippen LogP contribution in [0.25, 0.3) is 10.9 Å². The molecule has 0 aliphatic carbocycles. The fraction of sp³-hybridized carbons (Fsp3) is 0.250. The summed E-state index contributed by atoms with van der Waals surface area (Å²) in [5, 5.41) is 4.68. The van der Waals surface area contributed by atoms with E-state index in [1.807, 2.05) is 42.5 Å². The third-order valence-corrected chi connectivity index (χ3v) is 6.09. The zero-order valence-electron chi connectivity index (χ0n) is 18.8. The van der Waals surface area contributed by atoms with E-state index in [1.165, 1.54) is 16.8 Å². The van der Waals surface area contributed by atoms with Crippen LogP contribution < -0.4 is 14.8 Å². The van der Waals surface area contributed by atoms with Crippen LogP contribution in [0.5, 0.6) is 11.5 Å². The van der Waals surface area contributed by atoms with Crippen molar-refractivity contribution in [2.24, 2.45) is 0 Å². The van der Waals surface area contributed by atoms with Crippen molar-refractivity contribution in [3.8, 4) is 11.5 Å². The first kappa shape index (κ1) is 20.4. The summed E-state index contributed by atoms with van der Waals surface area (Å²) in [5.41, 5.74) is 6.77. The van der Waals surface area contributed by atoms with Gasteiger partial charge in [0.15, 0.2) is 0 Å². The lowest BCUT2D eigenvalue weighted by Gasteiger charge is -2.21. The highest BCUT2D eigenvalue weighted by molar-refractivity contribution is 5.78. The number of pyridine rings is 1. The average Bonchev–Trinajstić information content (AvgIpc) is 3.14. The Labute approximate surface area is 189 Å². The van der Waals surface area contributed by atoms with Crippen LogP contribution in [-0.4, -0.2) is 11.5 Å². The molecule has 1 aliphatic heterocycles. The van der Waals surface area contributed by atoms with Crippen molar-refractivity contribution in [1.29, 1.82) is 0 Å². The van der Waals surface area contributed by atoms with Gasteiger partial charge in [0.2, 0.25) is 0 Å². The fourth-order valence-electron chi connectivity index (χ4n) is 4.34. The summed E-state index contributed by atoms with van der Waals surface area (Å²) in [6.45, 7) is 8.51. The molecule has 4 nitrogen and oxygen atoms in total. The number of hydrogen-bond acceptors (Lipinski definition) is 4. The number of nitrogens with one attached hydrogen (secondary N) is 1. The molecule has 5 rings (SSSR count). The van der Waals surface area contributed by atoms with E-state index in [0.29, 0.717) is 13.2 Å². The first-order valence-corrected chi connectivity index (χ1v) is 11.1. The summed E-state index contributed by atoms with van der Waals surface area (Å²) in [7, 11) is 0. The number of nitrogens with zero attached hydrogens (tertiary/aromatic N) is 1. The van der Waals surface area contributed by atoms with Gasteiger partial charge in [-0.15, -0.1) is 0 Å². The molecule has 32 heavy (non-hydrogen) atoms. The third-order valence-electron chi connectivity index (χ3n) is 6.09. The van der Waals surface area contributed by atoms with Crippen molar-refractivity contribution in [1.82, 2.24) is 4.98 Å². The molecular weight excluding hydrogens is 396 g/mol. The molecule has 1 N–H and O–H groups in total. The van der Waals surface area contributed by atoms with E-state index in [9.17, 15) is 0 Å². The molecule has 0 bridgehead atoms. The van der Waals surface area contributed by atoms with Gasteiger partial charge in [0.1, 0.15) is 24.7 Å². The van der Waals surface area contributed by atoms with E-state index in [0.717, 1.165) is 40.2 Å². The number of para-hydroxylation sites is 1. The smallest absolute Gasteiger partial charge is 0.130 e. The Bertz CT molecular complexity index is 1280. The number of benzene rings is 3. The molecular formula is C28H28N2O2. The molecule has 0 saturated carbocycles. The Hall–Kier alpha value is -3.53.